The first-order valence-electron chi connectivity index (χ1n) is 20.7. The summed E-state index contributed by atoms with van der Waals surface area (Å²) in [4.78, 5) is 16.1. The molecule has 14 rings (SSSR count). The van der Waals surface area contributed by atoms with Crippen LogP contribution in [0, 0.1) is 0 Å². The van der Waals surface area contributed by atoms with Gasteiger partial charge in [0.1, 0.15) is 22.3 Å². The van der Waals surface area contributed by atoms with E-state index in [0.717, 1.165) is 77.3 Å². The van der Waals surface area contributed by atoms with E-state index < -0.39 is 0 Å². The van der Waals surface area contributed by atoms with Gasteiger partial charge in [0.2, 0.25) is 0 Å². The summed E-state index contributed by atoms with van der Waals surface area (Å²) in [5, 5.41) is 11.2. The van der Waals surface area contributed by atoms with Crippen LogP contribution in [-0.2, 0) is 0 Å². The molecule has 0 saturated heterocycles. The van der Waals surface area contributed by atoms with Crippen LogP contribution in [0.4, 0.5) is 0 Å². The Labute approximate surface area is 356 Å². The second-order valence-electron chi connectivity index (χ2n) is 16.0. The molecule has 0 bridgehead atoms. The zero-order valence-corrected chi connectivity index (χ0v) is 33.7. The smallest absolute Gasteiger partial charge is 0.166 e. The van der Waals surface area contributed by atoms with Crippen LogP contribution < -0.4 is 0 Å². The molecule has 9 aromatic carbocycles. The third kappa shape index (κ3) is 4.94. The molecule has 0 fully saturated rings. The minimum absolute atomic E-state index is 0.543. The van der Waals surface area contributed by atoms with Crippen molar-refractivity contribution in [1.82, 2.24) is 19.5 Å². The van der Waals surface area contributed by atoms with Gasteiger partial charge in [-0.05, 0) is 95.7 Å². The molecular formula is C55H30N4O2S. The largest absolute Gasteiger partial charge is 0.456 e. The van der Waals surface area contributed by atoms with Gasteiger partial charge in [-0.2, -0.15) is 0 Å². The van der Waals surface area contributed by atoms with Crippen molar-refractivity contribution in [1.29, 1.82) is 0 Å². The van der Waals surface area contributed by atoms with Gasteiger partial charge in [0, 0.05) is 69.2 Å². The van der Waals surface area contributed by atoms with Crippen LogP contribution in [0.1, 0.15) is 0 Å². The van der Waals surface area contributed by atoms with Crippen LogP contribution in [0.3, 0.4) is 0 Å². The molecule has 5 aromatic heterocycles. The van der Waals surface area contributed by atoms with Gasteiger partial charge < -0.3 is 13.4 Å². The molecule has 0 amide bonds. The summed E-state index contributed by atoms with van der Waals surface area (Å²) in [6, 6.07) is 63.9. The average Bonchev–Trinajstić information content (AvgIpc) is 4.08. The molecule has 0 saturated carbocycles. The van der Waals surface area contributed by atoms with Crippen molar-refractivity contribution in [3.63, 3.8) is 0 Å². The fourth-order valence-corrected chi connectivity index (χ4v) is 10.6. The number of hydrogen-bond donors (Lipinski definition) is 0. The number of hydrogen-bond acceptors (Lipinski definition) is 6. The first-order chi connectivity index (χ1) is 30.7. The molecule has 6 nitrogen and oxygen atoms in total. The fraction of sp³-hybridized carbons (Fsp3) is 0. The Bertz CT molecular complexity index is 4060. The standard InChI is InChI=1S/C55H30N4O2S/c1-2-12-32-28-45-39(25-31(32)11-1)35-13-3-7-17-44(35)59(45)46-29-41-37-15-5-9-19-48(37)61-50(41)30-43(46)55-57-53(33-21-23-49-40(26-33)36-14-4-8-18-47(36)60-49)56-54(58-55)34-22-24-52-42(27-34)38-16-6-10-20-51(38)62-52/h1-30H. The lowest BCUT2D eigenvalue weighted by atomic mass is 10.0. The second-order valence-corrected chi connectivity index (χ2v) is 17.0. The van der Waals surface area contributed by atoms with Crippen LogP contribution in [0.15, 0.2) is 191 Å². The van der Waals surface area contributed by atoms with Crippen molar-refractivity contribution in [2.24, 2.45) is 0 Å². The number of fused-ring (bicyclic) bond motifs is 13. The van der Waals surface area contributed by atoms with Crippen LogP contribution in [0.25, 0.3) is 136 Å². The monoisotopic (exact) mass is 810 g/mol. The first kappa shape index (κ1) is 33.7. The van der Waals surface area contributed by atoms with E-state index in [1.807, 2.05) is 42.5 Å². The van der Waals surface area contributed by atoms with Gasteiger partial charge in [-0.3, -0.25) is 0 Å². The van der Waals surface area contributed by atoms with E-state index >= 15 is 0 Å². The quantitative estimate of drug-likeness (QED) is 0.177. The van der Waals surface area contributed by atoms with E-state index in [1.165, 1.54) is 41.7 Å². The Kier molecular flexibility index (Phi) is 6.89. The van der Waals surface area contributed by atoms with E-state index in [4.69, 9.17) is 23.8 Å². The van der Waals surface area contributed by atoms with Gasteiger partial charge in [0.05, 0.1) is 16.7 Å². The van der Waals surface area contributed by atoms with Crippen LogP contribution >= 0.6 is 11.3 Å². The van der Waals surface area contributed by atoms with E-state index in [0.29, 0.717) is 17.5 Å². The molecule has 0 N–H and O–H groups in total. The second kappa shape index (κ2) is 12.7. The average molecular weight is 811 g/mol. The van der Waals surface area contributed by atoms with Gasteiger partial charge >= 0.3 is 0 Å². The van der Waals surface area contributed by atoms with Crippen LogP contribution in [0.5, 0.6) is 0 Å². The zero-order chi connectivity index (χ0) is 40.5. The Balaban J connectivity index is 1.09. The van der Waals surface area contributed by atoms with Crippen LogP contribution in [0.2, 0.25) is 0 Å². The number of nitrogens with zero attached hydrogens (tertiary/aromatic N) is 4. The highest BCUT2D eigenvalue weighted by Gasteiger charge is 2.23. The molecular weight excluding hydrogens is 781 g/mol. The van der Waals surface area contributed by atoms with E-state index in [1.54, 1.807) is 11.3 Å². The fourth-order valence-electron chi connectivity index (χ4n) is 9.52. The topological polar surface area (TPSA) is 69.9 Å². The van der Waals surface area contributed by atoms with Gasteiger partial charge in [0.25, 0.3) is 0 Å². The number of furan rings is 2. The van der Waals surface area contributed by atoms with Crippen molar-refractivity contribution >= 4 is 108 Å². The van der Waals surface area contributed by atoms with E-state index in [-0.39, 0.29) is 0 Å². The molecule has 62 heavy (non-hydrogen) atoms. The predicted octanol–water partition coefficient (Wildman–Crippen LogP) is 15.3. The summed E-state index contributed by atoms with van der Waals surface area (Å²) >= 11 is 1.80. The number of thiophene rings is 1. The van der Waals surface area contributed by atoms with Gasteiger partial charge in [0.15, 0.2) is 17.5 Å². The number of rotatable bonds is 4. The highest BCUT2D eigenvalue weighted by molar-refractivity contribution is 7.25. The van der Waals surface area contributed by atoms with Crippen molar-refractivity contribution in [2.45, 2.75) is 0 Å². The van der Waals surface area contributed by atoms with Crippen molar-refractivity contribution in [3.8, 4) is 39.9 Å². The minimum Gasteiger partial charge on any atom is -0.456 e. The highest BCUT2D eigenvalue weighted by atomic mass is 32.1. The summed E-state index contributed by atoms with van der Waals surface area (Å²) in [7, 11) is 0. The third-order valence-electron chi connectivity index (χ3n) is 12.4. The van der Waals surface area contributed by atoms with Gasteiger partial charge in [-0.15, -0.1) is 11.3 Å². The Hall–Kier alpha value is -8.13. The minimum atomic E-state index is 0.543. The molecule has 0 atom stereocenters. The molecule has 0 radical (unpaired) electrons. The van der Waals surface area contributed by atoms with Crippen molar-refractivity contribution in [3.05, 3.63) is 182 Å². The molecule has 7 heteroatoms. The van der Waals surface area contributed by atoms with Crippen molar-refractivity contribution in [2.75, 3.05) is 0 Å². The Morgan fingerprint density at radius 2 is 0.919 bits per heavy atom. The summed E-state index contributed by atoms with van der Waals surface area (Å²) < 4.78 is 17.7. The maximum Gasteiger partial charge on any atom is 0.166 e. The molecule has 0 aliphatic rings. The lowest BCUT2D eigenvalue weighted by Gasteiger charge is -2.15. The highest BCUT2D eigenvalue weighted by Crippen LogP contribution is 2.43. The van der Waals surface area contributed by atoms with E-state index in [9.17, 15) is 0 Å². The SMILES string of the molecule is c1ccc2cc3c(cc2c1)c1ccccc1n3-c1cc2c(cc1-c1nc(-c3ccc4oc5ccccc5c4c3)nc(-c3ccc4sc5ccccc5c4c3)n1)oc1ccccc12. The zero-order valence-electron chi connectivity index (χ0n) is 32.8. The first-order valence-corrected chi connectivity index (χ1v) is 21.5. The van der Waals surface area contributed by atoms with Gasteiger partial charge in [-0.25, -0.2) is 15.0 Å². The lowest BCUT2D eigenvalue weighted by Crippen LogP contribution is -2.04. The molecule has 14 aromatic rings. The lowest BCUT2D eigenvalue weighted by molar-refractivity contribution is 0.668. The number of aromatic nitrogens is 4. The Morgan fingerprint density at radius 1 is 0.355 bits per heavy atom. The van der Waals surface area contributed by atoms with Crippen LogP contribution in [-0.4, -0.2) is 19.5 Å². The number of benzene rings is 9. The summed E-state index contributed by atoms with van der Waals surface area (Å²) in [6.07, 6.45) is 0. The molecule has 288 valence electrons. The summed E-state index contributed by atoms with van der Waals surface area (Å²) in [5.41, 5.74) is 8.99. The maximum atomic E-state index is 6.62. The van der Waals surface area contributed by atoms with Crippen molar-refractivity contribution < 1.29 is 8.83 Å². The van der Waals surface area contributed by atoms with Gasteiger partial charge in [-0.1, -0.05) is 97.1 Å². The van der Waals surface area contributed by atoms with E-state index in [2.05, 4.69) is 144 Å². The molecule has 0 unspecified atom stereocenters. The molecule has 0 aliphatic carbocycles. The summed E-state index contributed by atoms with van der Waals surface area (Å²) in [5.74, 6) is 1.70. The molecule has 0 aliphatic heterocycles. The summed E-state index contributed by atoms with van der Waals surface area (Å²) in [6.45, 7) is 0. The maximum absolute atomic E-state index is 6.62. The Morgan fingerprint density at radius 3 is 1.71 bits per heavy atom. The third-order valence-corrected chi connectivity index (χ3v) is 13.6. The predicted molar refractivity (Wildman–Crippen MR) is 255 cm³/mol. The normalized spacial score (nSPS) is 12.2. The molecule has 0 spiro atoms. The molecule has 5 heterocycles. The number of para-hydroxylation sites is 3.